The molecule has 3 aromatic rings. The number of thioether (sulfide) groups is 1. The summed E-state index contributed by atoms with van der Waals surface area (Å²) < 4.78 is 7.74. The number of rotatable bonds is 10. The number of hydrogen-bond donors (Lipinski definition) is 1. The van der Waals surface area contributed by atoms with Crippen molar-refractivity contribution >= 4 is 23.4 Å². The van der Waals surface area contributed by atoms with Gasteiger partial charge >= 0.3 is 0 Å². The fourth-order valence-electron chi connectivity index (χ4n) is 3.78. The molecule has 7 nitrogen and oxygen atoms in total. The predicted molar refractivity (Wildman–Crippen MR) is 127 cm³/mol. The minimum atomic E-state index is -0.0995. The number of nitrogens with one attached hydrogen (secondary N) is 1. The van der Waals surface area contributed by atoms with Crippen LogP contribution in [0.5, 0.6) is 5.75 Å². The third-order valence-electron chi connectivity index (χ3n) is 5.33. The van der Waals surface area contributed by atoms with Crippen LogP contribution in [0.25, 0.3) is 0 Å². The van der Waals surface area contributed by atoms with E-state index in [2.05, 4.69) is 37.1 Å². The van der Waals surface area contributed by atoms with Crippen molar-refractivity contribution in [1.82, 2.24) is 19.7 Å². The maximum absolute atomic E-state index is 12.6. The molecule has 1 aromatic heterocycles. The van der Waals surface area contributed by atoms with Gasteiger partial charge in [-0.15, -0.1) is 10.2 Å². The van der Waals surface area contributed by atoms with E-state index >= 15 is 0 Å². The molecule has 1 aliphatic rings. The number of anilines is 1. The number of hydrogen-bond acceptors (Lipinski definition) is 6. The Bertz CT molecular complexity index is 1020. The van der Waals surface area contributed by atoms with Crippen LogP contribution >= 0.6 is 11.8 Å². The van der Waals surface area contributed by atoms with E-state index in [1.165, 1.54) is 30.2 Å². The molecule has 1 aliphatic heterocycles. The van der Waals surface area contributed by atoms with Crippen LogP contribution < -0.4 is 10.1 Å². The second-order valence-corrected chi connectivity index (χ2v) is 8.66. The Balaban J connectivity index is 1.45. The summed E-state index contributed by atoms with van der Waals surface area (Å²) in [6.07, 6.45) is 2.47. The molecule has 1 amide bonds. The van der Waals surface area contributed by atoms with Crippen molar-refractivity contribution in [3.63, 3.8) is 0 Å². The van der Waals surface area contributed by atoms with E-state index in [1.54, 1.807) is 0 Å². The van der Waals surface area contributed by atoms with Crippen molar-refractivity contribution in [2.24, 2.45) is 0 Å². The lowest BCUT2D eigenvalue weighted by Gasteiger charge is -2.16. The number of amides is 1. The first-order chi connectivity index (χ1) is 15.7. The van der Waals surface area contributed by atoms with E-state index in [0.717, 1.165) is 30.6 Å². The SMILES string of the molecule is CCOc1ccccc1NC(=O)CSc1nnc(CN2CCCC2)n1Cc1ccccc1. The third kappa shape index (κ3) is 5.89. The van der Waals surface area contributed by atoms with Gasteiger partial charge in [-0.3, -0.25) is 9.69 Å². The summed E-state index contributed by atoms with van der Waals surface area (Å²) in [6.45, 7) is 6.14. The highest BCUT2D eigenvalue weighted by Gasteiger charge is 2.19. The molecule has 168 valence electrons. The topological polar surface area (TPSA) is 72.3 Å². The van der Waals surface area contributed by atoms with Gasteiger partial charge in [0.15, 0.2) is 5.16 Å². The minimum Gasteiger partial charge on any atom is -0.492 e. The van der Waals surface area contributed by atoms with Crippen molar-refractivity contribution in [2.75, 3.05) is 30.8 Å². The van der Waals surface area contributed by atoms with Crippen LogP contribution in [0.3, 0.4) is 0 Å². The van der Waals surface area contributed by atoms with Gasteiger partial charge < -0.3 is 14.6 Å². The van der Waals surface area contributed by atoms with Crippen molar-refractivity contribution in [3.8, 4) is 5.75 Å². The summed E-state index contributed by atoms with van der Waals surface area (Å²) in [5.74, 6) is 1.77. The van der Waals surface area contributed by atoms with Crippen molar-refractivity contribution in [1.29, 1.82) is 0 Å². The lowest BCUT2D eigenvalue weighted by molar-refractivity contribution is -0.113. The Labute approximate surface area is 193 Å². The summed E-state index contributed by atoms with van der Waals surface area (Å²) in [7, 11) is 0. The molecule has 2 heterocycles. The molecule has 1 saturated heterocycles. The second-order valence-electron chi connectivity index (χ2n) is 7.72. The molecule has 1 N–H and O–H groups in total. The number of carbonyl (C=O) groups is 1. The molecule has 4 rings (SSSR count). The fourth-order valence-corrected chi connectivity index (χ4v) is 4.53. The fraction of sp³-hybridized carbons (Fsp3) is 0.375. The van der Waals surface area contributed by atoms with Crippen LogP contribution in [0, 0.1) is 0 Å². The van der Waals surface area contributed by atoms with Crippen molar-refractivity contribution in [2.45, 2.75) is 38.0 Å². The Morgan fingerprint density at radius 1 is 1.03 bits per heavy atom. The van der Waals surface area contributed by atoms with Gasteiger partial charge in [0.1, 0.15) is 11.6 Å². The van der Waals surface area contributed by atoms with Crippen LogP contribution in [0.1, 0.15) is 31.2 Å². The van der Waals surface area contributed by atoms with Crippen molar-refractivity contribution < 1.29 is 9.53 Å². The molecule has 0 atom stereocenters. The van der Waals surface area contributed by atoms with Crippen molar-refractivity contribution in [3.05, 3.63) is 66.0 Å². The summed E-state index contributed by atoms with van der Waals surface area (Å²) >= 11 is 1.41. The molecular formula is C24H29N5O2S. The predicted octanol–water partition coefficient (Wildman–Crippen LogP) is 4.05. The van der Waals surface area contributed by atoms with Gasteiger partial charge in [-0.2, -0.15) is 0 Å². The number of ether oxygens (including phenoxy) is 1. The average molecular weight is 452 g/mol. The van der Waals surface area contributed by atoms with E-state index in [0.29, 0.717) is 24.6 Å². The number of para-hydroxylation sites is 2. The zero-order valence-electron chi connectivity index (χ0n) is 18.4. The van der Waals surface area contributed by atoms with E-state index in [-0.39, 0.29) is 11.7 Å². The van der Waals surface area contributed by atoms with Gasteiger partial charge in [0.2, 0.25) is 5.91 Å². The number of benzene rings is 2. The van der Waals surface area contributed by atoms with Gasteiger partial charge in [0, 0.05) is 0 Å². The summed E-state index contributed by atoms with van der Waals surface area (Å²) in [6, 6.07) is 17.8. The Morgan fingerprint density at radius 2 is 1.78 bits per heavy atom. The van der Waals surface area contributed by atoms with E-state index < -0.39 is 0 Å². The molecule has 0 radical (unpaired) electrons. The first-order valence-corrected chi connectivity index (χ1v) is 12.0. The lowest BCUT2D eigenvalue weighted by Crippen LogP contribution is -2.22. The Hall–Kier alpha value is -2.84. The zero-order valence-corrected chi connectivity index (χ0v) is 19.2. The molecule has 32 heavy (non-hydrogen) atoms. The first kappa shape index (κ1) is 22.4. The maximum atomic E-state index is 12.6. The quantitative estimate of drug-likeness (QED) is 0.469. The van der Waals surface area contributed by atoms with Gasteiger partial charge in [0.05, 0.1) is 31.1 Å². The highest BCUT2D eigenvalue weighted by molar-refractivity contribution is 7.99. The number of nitrogens with zero attached hydrogens (tertiary/aromatic N) is 4. The molecule has 1 fully saturated rings. The number of carbonyl (C=O) groups excluding carboxylic acids is 1. The monoisotopic (exact) mass is 451 g/mol. The summed E-state index contributed by atoms with van der Waals surface area (Å²) in [4.78, 5) is 15.1. The standard InChI is InChI=1S/C24H29N5O2S/c1-2-31-21-13-7-6-12-20(21)25-23(30)18-32-24-27-26-22(17-28-14-8-9-15-28)29(24)16-19-10-4-3-5-11-19/h3-7,10-13H,2,8-9,14-18H2,1H3,(H,25,30). The molecule has 0 aliphatic carbocycles. The maximum Gasteiger partial charge on any atom is 0.234 e. The van der Waals surface area contributed by atoms with Crippen LogP contribution in [-0.4, -0.2) is 51.0 Å². The first-order valence-electron chi connectivity index (χ1n) is 11.1. The van der Waals surface area contributed by atoms with Crippen LogP contribution in [0.15, 0.2) is 59.8 Å². The molecule has 0 saturated carbocycles. The van der Waals surface area contributed by atoms with Gasteiger partial charge in [-0.1, -0.05) is 54.2 Å². The van der Waals surface area contributed by atoms with E-state index in [9.17, 15) is 4.79 Å². The Kier molecular flexibility index (Phi) is 7.79. The van der Waals surface area contributed by atoms with Gasteiger partial charge in [0.25, 0.3) is 0 Å². The van der Waals surface area contributed by atoms with Crippen LogP contribution in [0.4, 0.5) is 5.69 Å². The number of likely N-dealkylation sites (tertiary alicyclic amines) is 1. The smallest absolute Gasteiger partial charge is 0.234 e. The van der Waals surface area contributed by atoms with Gasteiger partial charge in [-0.25, -0.2) is 0 Å². The molecule has 0 unspecified atom stereocenters. The third-order valence-corrected chi connectivity index (χ3v) is 6.30. The van der Waals surface area contributed by atoms with Crippen LogP contribution in [0.2, 0.25) is 0 Å². The summed E-state index contributed by atoms with van der Waals surface area (Å²) in [5, 5.41) is 12.6. The molecule has 0 bridgehead atoms. The highest BCUT2D eigenvalue weighted by atomic mass is 32.2. The zero-order chi connectivity index (χ0) is 22.2. The highest BCUT2D eigenvalue weighted by Crippen LogP contribution is 2.25. The van der Waals surface area contributed by atoms with E-state index in [4.69, 9.17) is 4.74 Å². The normalized spacial score (nSPS) is 13.9. The van der Waals surface area contributed by atoms with E-state index in [1.807, 2.05) is 49.4 Å². The summed E-state index contributed by atoms with van der Waals surface area (Å²) in [5.41, 5.74) is 1.87. The molecule has 0 spiro atoms. The minimum absolute atomic E-state index is 0.0995. The largest absolute Gasteiger partial charge is 0.492 e. The molecular weight excluding hydrogens is 422 g/mol. The van der Waals surface area contributed by atoms with Crippen LogP contribution in [-0.2, 0) is 17.9 Å². The molecule has 2 aromatic carbocycles. The molecule has 8 heteroatoms. The van der Waals surface area contributed by atoms with Gasteiger partial charge in [-0.05, 0) is 50.6 Å². The Morgan fingerprint density at radius 3 is 2.56 bits per heavy atom. The lowest BCUT2D eigenvalue weighted by atomic mass is 10.2. The second kappa shape index (κ2) is 11.2. The average Bonchev–Trinajstić information content (AvgIpc) is 3.45. The number of aromatic nitrogens is 3.